The van der Waals surface area contributed by atoms with Crippen LogP contribution in [0.5, 0.6) is 0 Å². The highest BCUT2D eigenvalue weighted by Gasteiger charge is 2.34. The smallest absolute Gasteiger partial charge is 0.254 e. The number of amides is 2. The van der Waals surface area contributed by atoms with Crippen molar-refractivity contribution in [2.24, 2.45) is 0 Å². The zero-order valence-electron chi connectivity index (χ0n) is 16.1. The fourth-order valence-corrected chi connectivity index (χ4v) is 3.70. The second kappa shape index (κ2) is 8.69. The molecule has 1 aliphatic heterocycles. The highest BCUT2D eigenvalue weighted by Crippen LogP contribution is 2.23. The molecule has 1 saturated heterocycles. The number of carbonyl (C=O) groups excluding carboxylic acids is 2. The van der Waals surface area contributed by atoms with Gasteiger partial charge in [-0.05, 0) is 42.7 Å². The van der Waals surface area contributed by atoms with E-state index in [0.717, 1.165) is 23.2 Å². The molecule has 4 rings (SSSR count). The van der Waals surface area contributed by atoms with E-state index in [1.54, 1.807) is 17.2 Å². The summed E-state index contributed by atoms with van der Waals surface area (Å²) in [5, 5.41) is 2.97. The van der Waals surface area contributed by atoms with Crippen molar-refractivity contribution < 1.29 is 9.59 Å². The molecule has 0 aliphatic carbocycles. The van der Waals surface area contributed by atoms with Crippen LogP contribution >= 0.6 is 0 Å². The molecule has 2 aromatic carbocycles. The first-order chi connectivity index (χ1) is 14.2. The maximum atomic E-state index is 13.1. The fourth-order valence-electron chi connectivity index (χ4n) is 3.70. The standard InChI is InChI=1S/C24H23N3O2/c28-23(26-17-18-8-2-1-3-9-18)22-13-7-15-27(22)24(29)20-11-6-10-19(16-20)21-12-4-5-14-25-21/h1-6,8-12,14,16,22H,7,13,15,17H2,(H,26,28). The Hall–Kier alpha value is -3.47. The van der Waals surface area contributed by atoms with Gasteiger partial charge in [-0.2, -0.15) is 0 Å². The van der Waals surface area contributed by atoms with Crippen molar-refractivity contribution in [3.05, 3.63) is 90.1 Å². The molecule has 0 spiro atoms. The Morgan fingerprint density at radius 3 is 2.62 bits per heavy atom. The van der Waals surface area contributed by atoms with E-state index >= 15 is 0 Å². The summed E-state index contributed by atoms with van der Waals surface area (Å²) >= 11 is 0. The van der Waals surface area contributed by atoms with Gasteiger partial charge in [0.25, 0.3) is 5.91 Å². The number of nitrogens with one attached hydrogen (secondary N) is 1. The summed E-state index contributed by atoms with van der Waals surface area (Å²) in [7, 11) is 0. The summed E-state index contributed by atoms with van der Waals surface area (Å²) < 4.78 is 0. The van der Waals surface area contributed by atoms with E-state index in [1.165, 1.54) is 0 Å². The number of aromatic nitrogens is 1. The molecule has 1 atom stereocenters. The van der Waals surface area contributed by atoms with Crippen molar-refractivity contribution in [3.8, 4) is 11.3 Å². The topological polar surface area (TPSA) is 62.3 Å². The van der Waals surface area contributed by atoms with Gasteiger partial charge in [-0.3, -0.25) is 14.6 Å². The van der Waals surface area contributed by atoms with Crippen molar-refractivity contribution in [3.63, 3.8) is 0 Å². The molecular weight excluding hydrogens is 362 g/mol. The van der Waals surface area contributed by atoms with Gasteiger partial charge in [-0.25, -0.2) is 0 Å². The highest BCUT2D eigenvalue weighted by atomic mass is 16.2. The monoisotopic (exact) mass is 385 g/mol. The minimum atomic E-state index is -0.426. The van der Waals surface area contributed by atoms with E-state index < -0.39 is 6.04 Å². The van der Waals surface area contributed by atoms with Gasteiger partial charge < -0.3 is 10.2 Å². The first kappa shape index (κ1) is 18.9. The van der Waals surface area contributed by atoms with Gasteiger partial charge in [0.1, 0.15) is 6.04 Å². The summed E-state index contributed by atoms with van der Waals surface area (Å²) in [4.78, 5) is 31.9. The van der Waals surface area contributed by atoms with Gasteiger partial charge in [0.05, 0.1) is 5.69 Å². The molecule has 1 N–H and O–H groups in total. The third-order valence-electron chi connectivity index (χ3n) is 5.20. The molecule has 29 heavy (non-hydrogen) atoms. The second-order valence-electron chi connectivity index (χ2n) is 7.16. The third-order valence-corrected chi connectivity index (χ3v) is 5.20. The van der Waals surface area contributed by atoms with Gasteiger partial charge in [-0.1, -0.05) is 48.5 Å². The van der Waals surface area contributed by atoms with Crippen LogP contribution in [-0.2, 0) is 11.3 Å². The van der Waals surface area contributed by atoms with E-state index in [1.807, 2.05) is 66.7 Å². The van der Waals surface area contributed by atoms with Crippen LogP contribution in [0.25, 0.3) is 11.3 Å². The Morgan fingerprint density at radius 2 is 1.83 bits per heavy atom. The highest BCUT2D eigenvalue weighted by molar-refractivity contribution is 5.98. The number of pyridine rings is 1. The number of nitrogens with zero attached hydrogens (tertiary/aromatic N) is 2. The lowest BCUT2D eigenvalue weighted by atomic mass is 10.1. The molecule has 0 bridgehead atoms. The maximum absolute atomic E-state index is 13.1. The Kier molecular flexibility index (Phi) is 5.66. The average Bonchev–Trinajstić information content (AvgIpc) is 3.28. The van der Waals surface area contributed by atoms with Gasteiger partial charge in [0.15, 0.2) is 0 Å². The molecule has 1 unspecified atom stereocenters. The first-order valence-corrected chi connectivity index (χ1v) is 9.86. The molecule has 3 aromatic rings. The molecule has 2 heterocycles. The van der Waals surface area contributed by atoms with Gasteiger partial charge in [0.2, 0.25) is 5.91 Å². The van der Waals surface area contributed by atoms with E-state index in [4.69, 9.17) is 0 Å². The molecule has 0 saturated carbocycles. The Bertz CT molecular complexity index is 989. The normalized spacial score (nSPS) is 15.9. The van der Waals surface area contributed by atoms with Crippen molar-refractivity contribution in [1.29, 1.82) is 0 Å². The number of rotatable bonds is 5. The SMILES string of the molecule is O=C(NCc1ccccc1)C1CCCN1C(=O)c1cccc(-c2ccccn2)c1. The predicted molar refractivity (Wildman–Crippen MR) is 112 cm³/mol. The van der Waals surface area contributed by atoms with Crippen molar-refractivity contribution in [2.75, 3.05) is 6.54 Å². The minimum absolute atomic E-state index is 0.0967. The van der Waals surface area contributed by atoms with Crippen LogP contribution in [0.4, 0.5) is 0 Å². The average molecular weight is 385 g/mol. The lowest BCUT2D eigenvalue weighted by Gasteiger charge is -2.24. The molecule has 2 amide bonds. The van der Waals surface area contributed by atoms with Crippen LogP contribution < -0.4 is 5.32 Å². The summed E-state index contributed by atoms with van der Waals surface area (Å²) in [5.41, 5.74) is 3.33. The number of benzene rings is 2. The molecule has 0 radical (unpaired) electrons. The lowest BCUT2D eigenvalue weighted by Crippen LogP contribution is -2.45. The molecule has 5 heteroatoms. The number of hydrogen-bond acceptors (Lipinski definition) is 3. The van der Waals surface area contributed by atoms with Crippen LogP contribution in [-0.4, -0.2) is 34.3 Å². The molecule has 146 valence electrons. The Balaban J connectivity index is 1.47. The molecule has 1 fully saturated rings. The van der Waals surface area contributed by atoms with Crippen molar-refractivity contribution in [1.82, 2.24) is 15.2 Å². The van der Waals surface area contributed by atoms with Crippen LogP contribution in [0.2, 0.25) is 0 Å². The van der Waals surface area contributed by atoms with Crippen LogP contribution in [0.15, 0.2) is 79.0 Å². The van der Waals surface area contributed by atoms with E-state index in [2.05, 4.69) is 10.3 Å². The van der Waals surface area contributed by atoms with Gasteiger partial charge in [0, 0.05) is 30.4 Å². The lowest BCUT2D eigenvalue weighted by molar-refractivity contribution is -0.125. The fraction of sp³-hybridized carbons (Fsp3) is 0.208. The van der Waals surface area contributed by atoms with Crippen molar-refractivity contribution >= 4 is 11.8 Å². The second-order valence-corrected chi connectivity index (χ2v) is 7.16. The zero-order valence-corrected chi connectivity index (χ0v) is 16.1. The Morgan fingerprint density at radius 1 is 1.00 bits per heavy atom. The van der Waals surface area contributed by atoms with Crippen LogP contribution in [0, 0.1) is 0 Å². The summed E-state index contributed by atoms with van der Waals surface area (Å²) in [6.45, 7) is 1.06. The quantitative estimate of drug-likeness (QED) is 0.729. The molecule has 5 nitrogen and oxygen atoms in total. The summed E-state index contributed by atoms with van der Waals surface area (Å²) in [5.74, 6) is -0.208. The van der Waals surface area contributed by atoms with Crippen LogP contribution in [0.3, 0.4) is 0 Å². The van der Waals surface area contributed by atoms with Gasteiger partial charge >= 0.3 is 0 Å². The third kappa shape index (κ3) is 4.35. The summed E-state index contributed by atoms with van der Waals surface area (Å²) in [6, 6.07) is 22.5. The maximum Gasteiger partial charge on any atom is 0.254 e. The van der Waals surface area contributed by atoms with Crippen LogP contribution in [0.1, 0.15) is 28.8 Å². The zero-order chi connectivity index (χ0) is 20.1. The molecule has 1 aromatic heterocycles. The van der Waals surface area contributed by atoms with Gasteiger partial charge in [-0.15, -0.1) is 0 Å². The summed E-state index contributed by atoms with van der Waals surface area (Å²) in [6.07, 6.45) is 3.25. The largest absolute Gasteiger partial charge is 0.350 e. The van der Waals surface area contributed by atoms with E-state index in [0.29, 0.717) is 25.1 Å². The number of carbonyl (C=O) groups is 2. The Labute approximate surface area is 170 Å². The van der Waals surface area contributed by atoms with E-state index in [9.17, 15) is 9.59 Å². The number of likely N-dealkylation sites (tertiary alicyclic amines) is 1. The molecule has 1 aliphatic rings. The van der Waals surface area contributed by atoms with Crippen molar-refractivity contribution in [2.45, 2.75) is 25.4 Å². The predicted octanol–water partition coefficient (Wildman–Crippen LogP) is 3.67. The minimum Gasteiger partial charge on any atom is -0.350 e. The molecular formula is C24H23N3O2. The first-order valence-electron chi connectivity index (χ1n) is 9.86. The van der Waals surface area contributed by atoms with E-state index in [-0.39, 0.29) is 11.8 Å². The number of hydrogen-bond donors (Lipinski definition) is 1.